The molecule has 0 saturated heterocycles. The minimum Gasteiger partial charge on any atom is -0.313 e. The normalized spacial score (nSPS) is 15.6. The summed E-state index contributed by atoms with van der Waals surface area (Å²) in [5.41, 5.74) is 3.07. The largest absolute Gasteiger partial charge is 0.313 e. The summed E-state index contributed by atoms with van der Waals surface area (Å²) in [6.07, 6.45) is 1.20. The number of benzene rings is 1. The number of hydrogen-bond acceptors (Lipinski definition) is 1. The molecule has 1 aromatic rings. The van der Waals surface area contributed by atoms with Crippen molar-refractivity contribution >= 4 is 0 Å². The van der Waals surface area contributed by atoms with Crippen LogP contribution >= 0.6 is 0 Å². The summed E-state index contributed by atoms with van der Waals surface area (Å²) in [6.45, 7) is 11.3. The summed E-state index contributed by atoms with van der Waals surface area (Å²) in [5, 5.41) is 3.42. The Labute approximate surface area is 107 Å². The monoisotopic (exact) mass is 233 g/mol. The third-order valence-corrected chi connectivity index (χ3v) is 3.61. The summed E-state index contributed by atoms with van der Waals surface area (Å²) >= 11 is 0. The van der Waals surface area contributed by atoms with E-state index in [0.29, 0.717) is 12.0 Å². The van der Waals surface area contributed by atoms with E-state index < -0.39 is 0 Å². The highest BCUT2D eigenvalue weighted by Crippen LogP contribution is 2.33. The predicted octanol–water partition coefficient (Wildman–Crippen LogP) is 4.51. The Morgan fingerprint density at radius 2 is 1.53 bits per heavy atom. The molecule has 0 aromatic heterocycles. The molecule has 0 aliphatic heterocycles. The molecule has 1 aromatic carbocycles. The lowest BCUT2D eigenvalue weighted by atomic mass is 9.82. The van der Waals surface area contributed by atoms with Gasteiger partial charge >= 0.3 is 0 Å². The molecule has 1 N–H and O–H groups in total. The lowest BCUT2D eigenvalue weighted by molar-refractivity contribution is 0.287. The Morgan fingerprint density at radius 3 is 1.88 bits per heavy atom. The highest BCUT2D eigenvalue weighted by Gasteiger charge is 2.24. The molecule has 17 heavy (non-hydrogen) atoms. The zero-order valence-corrected chi connectivity index (χ0v) is 12.2. The second-order valence-electron chi connectivity index (χ2n) is 6.06. The Hall–Kier alpha value is -0.820. The lowest BCUT2D eigenvalue weighted by Crippen LogP contribution is -2.29. The molecule has 0 spiro atoms. The highest BCUT2D eigenvalue weighted by atomic mass is 14.9. The first-order valence-corrected chi connectivity index (χ1v) is 6.67. The molecule has 0 heterocycles. The van der Waals surface area contributed by atoms with Crippen LogP contribution in [0.2, 0.25) is 0 Å². The van der Waals surface area contributed by atoms with E-state index in [0.717, 1.165) is 0 Å². The number of nitrogens with one attached hydrogen (secondary N) is 1. The van der Waals surface area contributed by atoms with Gasteiger partial charge in [-0.05, 0) is 35.9 Å². The molecule has 2 atom stereocenters. The van der Waals surface area contributed by atoms with Crippen molar-refractivity contribution < 1.29 is 0 Å². The average molecular weight is 233 g/mol. The van der Waals surface area contributed by atoms with Gasteiger partial charge in [0.1, 0.15) is 0 Å². The van der Waals surface area contributed by atoms with E-state index in [-0.39, 0.29) is 5.41 Å². The van der Waals surface area contributed by atoms with Gasteiger partial charge in [-0.15, -0.1) is 0 Å². The zero-order valence-electron chi connectivity index (χ0n) is 12.2. The van der Waals surface area contributed by atoms with Crippen molar-refractivity contribution in [2.24, 2.45) is 5.41 Å². The summed E-state index contributed by atoms with van der Waals surface area (Å²) in [7, 11) is 2.04. The predicted molar refractivity (Wildman–Crippen MR) is 76.4 cm³/mol. The van der Waals surface area contributed by atoms with Crippen molar-refractivity contribution in [1.82, 2.24) is 5.32 Å². The topological polar surface area (TPSA) is 12.0 Å². The van der Waals surface area contributed by atoms with E-state index in [2.05, 4.69) is 64.2 Å². The first-order valence-electron chi connectivity index (χ1n) is 6.67. The summed E-state index contributed by atoms with van der Waals surface area (Å²) < 4.78 is 0. The minimum atomic E-state index is 0.243. The third-order valence-electron chi connectivity index (χ3n) is 3.61. The third kappa shape index (κ3) is 3.57. The van der Waals surface area contributed by atoms with Gasteiger partial charge in [-0.3, -0.25) is 0 Å². The molecule has 0 aliphatic carbocycles. The van der Waals surface area contributed by atoms with E-state index >= 15 is 0 Å². The SMILES string of the molecule is CCC(C)c1ccc(C(NC)C(C)(C)C)cc1. The van der Waals surface area contributed by atoms with E-state index in [1.807, 2.05) is 7.05 Å². The second kappa shape index (κ2) is 5.68. The standard InChI is InChI=1S/C16H27N/c1-7-12(2)13-8-10-14(11-9-13)15(17-6)16(3,4)5/h8-12,15,17H,7H2,1-6H3. The van der Waals surface area contributed by atoms with E-state index in [1.54, 1.807) is 0 Å². The summed E-state index contributed by atoms with van der Waals surface area (Å²) in [4.78, 5) is 0. The maximum absolute atomic E-state index is 3.42. The summed E-state index contributed by atoms with van der Waals surface area (Å²) in [5.74, 6) is 0.659. The maximum atomic E-state index is 3.42. The molecule has 1 nitrogen and oxygen atoms in total. The van der Waals surface area contributed by atoms with Gasteiger partial charge in [0, 0.05) is 6.04 Å². The molecular formula is C16H27N. The van der Waals surface area contributed by atoms with Crippen LogP contribution in [0.5, 0.6) is 0 Å². The van der Waals surface area contributed by atoms with Gasteiger partial charge in [0.05, 0.1) is 0 Å². The van der Waals surface area contributed by atoms with E-state index in [9.17, 15) is 0 Å². The quantitative estimate of drug-likeness (QED) is 0.807. The van der Waals surface area contributed by atoms with Crippen LogP contribution in [0.3, 0.4) is 0 Å². The molecule has 0 radical (unpaired) electrons. The average Bonchev–Trinajstić information content (AvgIpc) is 2.28. The van der Waals surface area contributed by atoms with Crippen molar-refractivity contribution in [3.63, 3.8) is 0 Å². The molecule has 1 rings (SSSR count). The van der Waals surface area contributed by atoms with Gasteiger partial charge in [-0.1, -0.05) is 58.9 Å². The maximum Gasteiger partial charge on any atom is 0.0366 e. The first kappa shape index (κ1) is 14.2. The molecule has 0 bridgehead atoms. The fourth-order valence-electron chi connectivity index (χ4n) is 2.35. The van der Waals surface area contributed by atoms with Crippen LogP contribution in [-0.4, -0.2) is 7.05 Å². The number of rotatable bonds is 4. The van der Waals surface area contributed by atoms with Crippen LogP contribution in [0.1, 0.15) is 64.1 Å². The fourth-order valence-corrected chi connectivity index (χ4v) is 2.35. The molecule has 0 aliphatic rings. The Balaban J connectivity index is 2.93. The van der Waals surface area contributed by atoms with Gasteiger partial charge in [-0.2, -0.15) is 0 Å². The zero-order chi connectivity index (χ0) is 13.1. The van der Waals surface area contributed by atoms with Crippen molar-refractivity contribution in [3.05, 3.63) is 35.4 Å². The molecule has 0 amide bonds. The Morgan fingerprint density at radius 1 is 1.06 bits per heavy atom. The smallest absolute Gasteiger partial charge is 0.0366 e. The van der Waals surface area contributed by atoms with Crippen LogP contribution in [0.25, 0.3) is 0 Å². The van der Waals surface area contributed by atoms with Crippen LogP contribution in [0, 0.1) is 5.41 Å². The Kier molecular flexibility index (Phi) is 4.76. The molecule has 2 unspecified atom stereocenters. The van der Waals surface area contributed by atoms with Gasteiger partial charge in [-0.25, -0.2) is 0 Å². The van der Waals surface area contributed by atoms with Crippen LogP contribution in [0.15, 0.2) is 24.3 Å². The minimum absolute atomic E-state index is 0.243. The molecule has 0 saturated carbocycles. The van der Waals surface area contributed by atoms with Crippen molar-refractivity contribution in [2.45, 2.75) is 53.0 Å². The van der Waals surface area contributed by atoms with Gasteiger partial charge in [0.25, 0.3) is 0 Å². The van der Waals surface area contributed by atoms with Crippen LogP contribution in [-0.2, 0) is 0 Å². The van der Waals surface area contributed by atoms with Crippen LogP contribution in [0.4, 0.5) is 0 Å². The first-order chi connectivity index (χ1) is 7.90. The molecule has 96 valence electrons. The van der Waals surface area contributed by atoms with Crippen molar-refractivity contribution in [3.8, 4) is 0 Å². The lowest BCUT2D eigenvalue weighted by Gasteiger charge is -2.31. The van der Waals surface area contributed by atoms with Gasteiger partial charge < -0.3 is 5.32 Å². The molecular weight excluding hydrogens is 206 g/mol. The second-order valence-corrected chi connectivity index (χ2v) is 6.06. The van der Waals surface area contributed by atoms with Crippen molar-refractivity contribution in [2.75, 3.05) is 7.05 Å². The van der Waals surface area contributed by atoms with E-state index in [1.165, 1.54) is 17.5 Å². The summed E-state index contributed by atoms with van der Waals surface area (Å²) in [6, 6.07) is 9.51. The van der Waals surface area contributed by atoms with Crippen LogP contribution < -0.4 is 5.32 Å². The van der Waals surface area contributed by atoms with Crippen molar-refractivity contribution in [1.29, 1.82) is 0 Å². The molecule has 1 heteroatoms. The Bertz CT molecular complexity index is 332. The highest BCUT2D eigenvalue weighted by molar-refractivity contribution is 5.28. The molecule has 0 fully saturated rings. The van der Waals surface area contributed by atoms with Gasteiger partial charge in [0.2, 0.25) is 0 Å². The fraction of sp³-hybridized carbons (Fsp3) is 0.625. The number of hydrogen-bond donors (Lipinski definition) is 1. The van der Waals surface area contributed by atoms with E-state index in [4.69, 9.17) is 0 Å². The van der Waals surface area contributed by atoms with Gasteiger partial charge in [0.15, 0.2) is 0 Å².